The third-order valence-corrected chi connectivity index (χ3v) is 6.41. The van der Waals surface area contributed by atoms with Crippen molar-refractivity contribution in [2.75, 3.05) is 34.4 Å². The van der Waals surface area contributed by atoms with Gasteiger partial charge in [-0.15, -0.1) is 0 Å². The minimum atomic E-state index is -0.272. The molecule has 178 valence electrons. The predicted octanol–water partition coefficient (Wildman–Crippen LogP) is 4.76. The van der Waals surface area contributed by atoms with Crippen LogP contribution in [-0.2, 0) is 4.79 Å². The molecule has 4 rings (SSSR count). The zero-order valence-corrected chi connectivity index (χ0v) is 20.0. The number of carbonyl (C=O) groups is 1. The highest BCUT2D eigenvalue weighted by atomic mass is 16.5. The minimum absolute atomic E-state index is 0.00273. The number of hydrogen-bond acceptors (Lipinski definition) is 5. The molecule has 1 aliphatic rings. The molecule has 1 heterocycles. The number of likely N-dealkylation sites (tertiary alicyclic amines) is 1. The molecule has 0 saturated carbocycles. The summed E-state index contributed by atoms with van der Waals surface area (Å²) in [5, 5.41) is 3.26. The van der Waals surface area contributed by atoms with Crippen LogP contribution >= 0.6 is 0 Å². The molecule has 1 saturated heterocycles. The summed E-state index contributed by atoms with van der Waals surface area (Å²) in [4.78, 5) is 15.5. The van der Waals surface area contributed by atoms with E-state index in [0.29, 0.717) is 6.54 Å². The van der Waals surface area contributed by atoms with Crippen LogP contribution in [0.5, 0.6) is 17.2 Å². The largest absolute Gasteiger partial charge is 0.497 e. The number of amides is 1. The van der Waals surface area contributed by atoms with Crippen molar-refractivity contribution in [3.05, 3.63) is 89.5 Å². The van der Waals surface area contributed by atoms with Gasteiger partial charge >= 0.3 is 0 Å². The summed E-state index contributed by atoms with van der Waals surface area (Å²) in [6.45, 7) is 1.25. The molecule has 1 N–H and O–H groups in total. The van der Waals surface area contributed by atoms with Crippen molar-refractivity contribution >= 4 is 5.91 Å². The molecule has 0 aliphatic carbocycles. The second kappa shape index (κ2) is 11.1. The summed E-state index contributed by atoms with van der Waals surface area (Å²) in [7, 11) is 4.96. The highest BCUT2D eigenvalue weighted by Crippen LogP contribution is 2.33. The van der Waals surface area contributed by atoms with Crippen LogP contribution in [0.3, 0.4) is 0 Å². The number of rotatable bonds is 9. The zero-order valence-electron chi connectivity index (χ0n) is 20.0. The third-order valence-electron chi connectivity index (χ3n) is 6.41. The van der Waals surface area contributed by atoms with E-state index in [0.717, 1.165) is 47.8 Å². The first-order valence-electron chi connectivity index (χ1n) is 11.6. The summed E-state index contributed by atoms with van der Waals surface area (Å²) in [5.41, 5.74) is 3.20. The topological polar surface area (TPSA) is 60.0 Å². The van der Waals surface area contributed by atoms with Gasteiger partial charge in [-0.05, 0) is 72.5 Å². The lowest BCUT2D eigenvalue weighted by molar-refractivity contribution is -0.123. The third kappa shape index (κ3) is 5.51. The number of benzene rings is 3. The number of carbonyl (C=O) groups excluding carboxylic acids is 1. The molecule has 0 bridgehead atoms. The number of ether oxygens (including phenoxy) is 3. The smallest absolute Gasteiger partial charge is 0.234 e. The second-order valence-corrected chi connectivity index (χ2v) is 8.45. The van der Waals surface area contributed by atoms with Gasteiger partial charge in [0.15, 0.2) is 0 Å². The Kier molecular flexibility index (Phi) is 7.70. The lowest BCUT2D eigenvalue weighted by atomic mass is 9.98. The van der Waals surface area contributed by atoms with E-state index in [2.05, 4.69) is 22.3 Å². The quantitative estimate of drug-likeness (QED) is 0.499. The molecule has 1 aliphatic heterocycles. The first-order valence-corrected chi connectivity index (χ1v) is 11.6. The van der Waals surface area contributed by atoms with Crippen LogP contribution in [-0.4, -0.2) is 45.2 Å². The fourth-order valence-corrected chi connectivity index (χ4v) is 4.56. The fraction of sp³-hybridized carbons (Fsp3) is 0.321. The van der Waals surface area contributed by atoms with Crippen LogP contribution in [0.4, 0.5) is 0 Å². The van der Waals surface area contributed by atoms with Crippen LogP contribution in [0.15, 0.2) is 72.8 Å². The Balaban J connectivity index is 1.51. The fourth-order valence-electron chi connectivity index (χ4n) is 4.56. The summed E-state index contributed by atoms with van der Waals surface area (Å²) in [5.74, 6) is 2.40. The van der Waals surface area contributed by atoms with Gasteiger partial charge in [-0.1, -0.05) is 36.4 Å². The Morgan fingerprint density at radius 2 is 1.29 bits per heavy atom. The number of hydrogen-bond donors (Lipinski definition) is 1. The van der Waals surface area contributed by atoms with E-state index in [-0.39, 0.29) is 18.0 Å². The average Bonchev–Trinajstić information content (AvgIpc) is 3.35. The second-order valence-electron chi connectivity index (χ2n) is 8.45. The molecule has 0 spiro atoms. The summed E-state index contributed by atoms with van der Waals surface area (Å²) in [6.07, 6.45) is 2.12. The van der Waals surface area contributed by atoms with E-state index in [1.807, 2.05) is 60.7 Å². The molecule has 0 aromatic heterocycles. The van der Waals surface area contributed by atoms with Crippen molar-refractivity contribution < 1.29 is 19.0 Å². The van der Waals surface area contributed by atoms with Crippen LogP contribution in [0.2, 0.25) is 0 Å². The molecule has 34 heavy (non-hydrogen) atoms. The SMILES string of the molecule is COc1ccc(C(NC(=O)CN2CCCC2c2ccc(OC)cc2)c2ccc(OC)cc2)cc1. The first-order chi connectivity index (χ1) is 16.6. The number of nitrogens with one attached hydrogen (secondary N) is 1. The lowest BCUT2D eigenvalue weighted by Crippen LogP contribution is -2.39. The first kappa shape index (κ1) is 23.6. The van der Waals surface area contributed by atoms with Gasteiger partial charge in [0.05, 0.1) is 33.9 Å². The summed E-state index contributed by atoms with van der Waals surface area (Å²) < 4.78 is 15.9. The maximum Gasteiger partial charge on any atom is 0.234 e. The molecule has 1 fully saturated rings. The molecule has 6 heteroatoms. The van der Waals surface area contributed by atoms with E-state index >= 15 is 0 Å². The highest BCUT2D eigenvalue weighted by molar-refractivity contribution is 5.79. The van der Waals surface area contributed by atoms with Crippen LogP contribution in [0.25, 0.3) is 0 Å². The van der Waals surface area contributed by atoms with Crippen LogP contribution in [0, 0.1) is 0 Å². The average molecular weight is 461 g/mol. The van der Waals surface area contributed by atoms with Gasteiger partial charge in [-0.3, -0.25) is 9.69 Å². The zero-order chi connectivity index (χ0) is 23.9. The molecule has 0 radical (unpaired) electrons. The van der Waals surface area contributed by atoms with Gasteiger partial charge in [-0.2, -0.15) is 0 Å². The molecule has 1 unspecified atom stereocenters. The minimum Gasteiger partial charge on any atom is -0.497 e. The maximum atomic E-state index is 13.3. The molecule has 3 aromatic rings. The Morgan fingerprint density at radius 3 is 1.76 bits per heavy atom. The molecular formula is C28H32N2O4. The van der Waals surface area contributed by atoms with E-state index in [1.165, 1.54) is 5.56 Å². The predicted molar refractivity (Wildman–Crippen MR) is 133 cm³/mol. The molecule has 1 atom stereocenters. The Morgan fingerprint density at radius 1 is 0.824 bits per heavy atom. The number of methoxy groups -OCH3 is 3. The van der Waals surface area contributed by atoms with Gasteiger partial charge in [0.2, 0.25) is 5.91 Å². The Bertz CT molecular complexity index is 1020. The van der Waals surface area contributed by atoms with Gasteiger partial charge < -0.3 is 19.5 Å². The van der Waals surface area contributed by atoms with E-state index < -0.39 is 0 Å². The summed E-state index contributed by atoms with van der Waals surface area (Å²) in [6, 6.07) is 23.7. The summed E-state index contributed by atoms with van der Waals surface area (Å²) >= 11 is 0. The monoisotopic (exact) mass is 460 g/mol. The number of nitrogens with zero attached hydrogens (tertiary/aromatic N) is 1. The van der Waals surface area contributed by atoms with Crippen molar-refractivity contribution in [1.82, 2.24) is 10.2 Å². The molecule has 1 amide bonds. The van der Waals surface area contributed by atoms with Gasteiger partial charge in [0, 0.05) is 6.04 Å². The van der Waals surface area contributed by atoms with Crippen LogP contribution in [0.1, 0.15) is 41.6 Å². The maximum absolute atomic E-state index is 13.3. The Labute approximate surface area is 201 Å². The van der Waals surface area contributed by atoms with Crippen molar-refractivity contribution in [1.29, 1.82) is 0 Å². The van der Waals surface area contributed by atoms with E-state index in [1.54, 1.807) is 21.3 Å². The van der Waals surface area contributed by atoms with Crippen LogP contribution < -0.4 is 19.5 Å². The van der Waals surface area contributed by atoms with Crippen molar-refractivity contribution in [2.45, 2.75) is 24.9 Å². The standard InChI is InChI=1S/C28H32N2O4/c1-32-23-12-6-20(7-13-23)26-5-4-18-30(26)19-27(31)29-28(21-8-14-24(33-2)15-9-21)22-10-16-25(34-3)17-11-22/h6-17,26,28H,4-5,18-19H2,1-3H3,(H,29,31). The van der Waals surface area contributed by atoms with Crippen molar-refractivity contribution in [3.8, 4) is 17.2 Å². The molecule has 6 nitrogen and oxygen atoms in total. The van der Waals surface area contributed by atoms with Gasteiger partial charge in [0.1, 0.15) is 17.2 Å². The Hall–Kier alpha value is -3.51. The molecule has 3 aromatic carbocycles. The van der Waals surface area contributed by atoms with E-state index in [4.69, 9.17) is 14.2 Å². The highest BCUT2D eigenvalue weighted by Gasteiger charge is 2.28. The van der Waals surface area contributed by atoms with Crippen molar-refractivity contribution in [2.24, 2.45) is 0 Å². The van der Waals surface area contributed by atoms with Gasteiger partial charge in [0.25, 0.3) is 0 Å². The molecular weight excluding hydrogens is 428 g/mol. The van der Waals surface area contributed by atoms with E-state index in [9.17, 15) is 4.79 Å². The normalized spacial score (nSPS) is 15.8. The van der Waals surface area contributed by atoms with Crippen molar-refractivity contribution in [3.63, 3.8) is 0 Å². The lowest BCUT2D eigenvalue weighted by Gasteiger charge is -2.26. The van der Waals surface area contributed by atoms with Gasteiger partial charge in [-0.25, -0.2) is 0 Å².